The molecule has 1 N–H and O–H groups in total. The second-order valence-corrected chi connectivity index (χ2v) is 14.7. The summed E-state index contributed by atoms with van der Waals surface area (Å²) in [6.07, 6.45) is 0.877. The number of rotatable bonds is 15. The van der Waals surface area contributed by atoms with E-state index in [1.165, 1.54) is 18.4 Å². The fourth-order valence-corrected chi connectivity index (χ4v) is 7.56. The van der Waals surface area contributed by atoms with Gasteiger partial charge < -0.3 is 14.5 Å². The van der Waals surface area contributed by atoms with Gasteiger partial charge in [-0.3, -0.25) is 4.79 Å². The van der Waals surface area contributed by atoms with Crippen LogP contribution in [0.3, 0.4) is 0 Å². The van der Waals surface area contributed by atoms with Crippen molar-refractivity contribution in [2.75, 3.05) is 7.11 Å². The summed E-state index contributed by atoms with van der Waals surface area (Å²) in [5.74, 6) is -0.716. The maximum atomic E-state index is 13.1. The number of nitrogens with one attached hydrogen (secondary N) is 1. The van der Waals surface area contributed by atoms with Crippen molar-refractivity contribution in [2.45, 2.75) is 97.6 Å². The topological polar surface area (TPSA) is 126 Å². The molecule has 0 aliphatic carbocycles. The first-order valence-corrected chi connectivity index (χ1v) is 15.6. The van der Waals surface area contributed by atoms with Gasteiger partial charge in [-0.25, -0.2) is 9.78 Å². The number of carbonyl (C=O) groups is 2. The van der Waals surface area contributed by atoms with E-state index in [-0.39, 0.29) is 35.6 Å². The number of azide groups is 1. The average molecular weight is 512 g/mol. The monoisotopic (exact) mass is 511 g/mol. The first-order chi connectivity index (χ1) is 16.1. The van der Waals surface area contributed by atoms with Crippen LogP contribution in [-0.2, 0) is 14.0 Å². The highest BCUT2D eigenvalue weighted by Crippen LogP contribution is 2.35. The van der Waals surface area contributed by atoms with Gasteiger partial charge in [0.2, 0.25) is 5.91 Å². The molecular formula is C23H41N5O4SSi. The Morgan fingerprint density at radius 2 is 1.82 bits per heavy atom. The Bertz CT molecular complexity index is 831. The number of aromatic nitrogens is 1. The van der Waals surface area contributed by atoms with Gasteiger partial charge in [0.05, 0.1) is 13.2 Å². The van der Waals surface area contributed by atoms with Gasteiger partial charge in [0.15, 0.2) is 14.0 Å². The number of ether oxygens (including phenoxy) is 1. The number of carbonyl (C=O) groups excluding carboxylic acids is 2. The molecule has 0 aliphatic rings. The molecule has 4 atom stereocenters. The number of hydrogen-bond donors (Lipinski definition) is 1. The number of methoxy groups -OCH3 is 1. The van der Waals surface area contributed by atoms with Gasteiger partial charge in [-0.2, -0.15) is 0 Å². The van der Waals surface area contributed by atoms with Crippen LogP contribution in [0.15, 0.2) is 10.5 Å². The molecule has 1 unspecified atom stereocenters. The molecule has 9 nitrogen and oxygen atoms in total. The van der Waals surface area contributed by atoms with Gasteiger partial charge in [-0.15, -0.1) is 11.3 Å². The predicted octanol–water partition coefficient (Wildman–Crippen LogP) is 6.25. The second-order valence-electron chi connectivity index (χ2n) is 9.04. The molecule has 34 heavy (non-hydrogen) atoms. The highest BCUT2D eigenvalue weighted by Gasteiger charge is 2.36. The Hall–Kier alpha value is -1.94. The van der Waals surface area contributed by atoms with Crippen molar-refractivity contribution in [3.63, 3.8) is 0 Å². The molecule has 1 heterocycles. The highest BCUT2D eigenvalue weighted by atomic mass is 32.1. The third-order valence-corrected chi connectivity index (χ3v) is 12.3. The summed E-state index contributed by atoms with van der Waals surface area (Å²) in [5, 5.41) is 9.27. The van der Waals surface area contributed by atoms with Crippen molar-refractivity contribution >= 4 is 31.5 Å². The van der Waals surface area contributed by atoms with E-state index in [0.717, 1.165) is 24.6 Å². The van der Waals surface area contributed by atoms with E-state index in [4.69, 9.17) is 14.7 Å². The molecular weight excluding hydrogens is 470 g/mol. The van der Waals surface area contributed by atoms with Gasteiger partial charge >= 0.3 is 5.97 Å². The lowest BCUT2D eigenvalue weighted by molar-refractivity contribution is -0.124. The molecule has 1 amide bonds. The van der Waals surface area contributed by atoms with Gasteiger partial charge in [0.1, 0.15) is 11.0 Å². The van der Waals surface area contributed by atoms with Crippen molar-refractivity contribution in [1.82, 2.24) is 10.3 Å². The number of amides is 1. The summed E-state index contributed by atoms with van der Waals surface area (Å²) in [5.41, 5.74) is 9.22. The standard InChI is InChI=1S/C23H41N5O4SSi/c1-9-16(7)20(27-28-24)21(29)25-17(15(5)6)13-19(32-34(10-2,11-3)12-4)22-26-18(14-33-22)23(30)31-8/h14-17,19-20H,9-13H2,1-8H3,(H,25,29)/t16-,17+,19+,20?/m0/s1. The summed E-state index contributed by atoms with van der Waals surface area (Å²) in [6.45, 7) is 14.4. The second kappa shape index (κ2) is 14.5. The quantitative estimate of drug-likeness (QED) is 0.0979. The molecule has 0 saturated heterocycles. The molecule has 192 valence electrons. The van der Waals surface area contributed by atoms with Crippen LogP contribution < -0.4 is 5.32 Å². The lowest BCUT2D eigenvalue weighted by atomic mass is 9.95. The van der Waals surface area contributed by atoms with Crippen LogP contribution in [0.5, 0.6) is 0 Å². The summed E-state index contributed by atoms with van der Waals surface area (Å²) >= 11 is 1.38. The molecule has 0 bridgehead atoms. The Morgan fingerprint density at radius 1 is 1.21 bits per heavy atom. The van der Waals surface area contributed by atoms with Crippen molar-refractivity contribution < 1.29 is 18.8 Å². The van der Waals surface area contributed by atoms with Crippen LogP contribution in [0.1, 0.15) is 82.9 Å². The van der Waals surface area contributed by atoms with E-state index in [1.807, 2.05) is 27.7 Å². The van der Waals surface area contributed by atoms with Crippen molar-refractivity contribution in [1.29, 1.82) is 0 Å². The summed E-state index contributed by atoms with van der Waals surface area (Å²) in [6, 6.07) is 1.92. The van der Waals surface area contributed by atoms with E-state index < -0.39 is 20.3 Å². The first-order valence-electron chi connectivity index (χ1n) is 12.2. The van der Waals surface area contributed by atoms with E-state index in [2.05, 4.69) is 41.1 Å². The molecule has 0 fully saturated rings. The normalized spacial score (nSPS) is 15.2. The van der Waals surface area contributed by atoms with Crippen LogP contribution in [0.2, 0.25) is 18.1 Å². The fraction of sp³-hybridized carbons (Fsp3) is 0.783. The molecule has 0 spiro atoms. The summed E-state index contributed by atoms with van der Waals surface area (Å²) in [7, 11) is -0.684. The smallest absolute Gasteiger partial charge is 0.357 e. The molecule has 0 saturated carbocycles. The van der Waals surface area contributed by atoms with E-state index in [0.29, 0.717) is 11.4 Å². The Labute approximate surface area is 208 Å². The summed E-state index contributed by atoms with van der Waals surface area (Å²) in [4.78, 5) is 32.5. The molecule has 1 rings (SSSR count). The number of esters is 1. The zero-order valence-electron chi connectivity index (χ0n) is 21.8. The third-order valence-electron chi connectivity index (χ3n) is 6.75. The van der Waals surface area contributed by atoms with Crippen molar-refractivity contribution in [3.8, 4) is 0 Å². The molecule has 0 aliphatic heterocycles. The Kier molecular flexibility index (Phi) is 12.8. The zero-order valence-corrected chi connectivity index (χ0v) is 23.6. The average Bonchev–Trinajstić information content (AvgIpc) is 3.33. The lowest BCUT2D eigenvalue weighted by Crippen LogP contribution is -2.47. The SMILES string of the molecule is CC[C@H](C)C(N=[N+]=[N-])C(=O)N[C@H](C[C@@H](O[Si](CC)(CC)CC)c1nc(C(=O)OC)cs1)C(C)C. The minimum absolute atomic E-state index is 0.0716. The molecule has 1 aromatic rings. The number of nitrogens with zero attached hydrogens (tertiary/aromatic N) is 4. The first kappa shape index (κ1) is 30.1. The van der Waals surface area contributed by atoms with Crippen LogP contribution in [0, 0.1) is 11.8 Å². The van der Waals surface area contributed by atoms with Crippen LogP contribution in [0.4, 0.5) is 0 Å². The molecule has 1 aromatic heterocycles. The van der Waals surface area contributed by atoms with Crippen LogP contribution in [0.25, 0.3) is 10.4 Å². The van der Waals surface area contributed by atoms with E-state index >= 15 is 0 Å². The predicted molar refractivity (Wildman–Crippen MR) is 138 cm³/mol. The Morgan fingerprint density at radius 3 is 2.29 bits per heavy atom. The fourth-order valence-electron chi connectivity index (χ4n) is 3.83. The zero-order chi connectivity index (χ0) is 25.9. The maximum absolute atomic E-state index is 13.1. The maximum Gasteiger partial charge on any atom is 0.357 e. The lowest BCUT2D eigenvalue weighted by Gasteiger charge is -2.35. The van der Waals surface area contributed by atoms with Gasteiger partial charge in [-0.1, -0.05) is 60.0 Å². The van der Waals surface area contributed by atoms with Crippen molar-refractivity contribution in [3.05, 3.63) is 26.5 Å². The number of hydrogen-bond acceptors (Lipinski definition) is 7. The third kappa shape index (κ3) is 8.08. The summed E-state index contributed by atoms with van der Waals surface area (Å²) < 4.78 is 11.7. The molecule has 0 aromatic carbocycles. The largest absolute Gasteiger partial charge is 0.464 e. The van der Waals surface area contributed by atoms with Gasteiger partial charge in [0, 0.05) is 16.3 Å². The van der Waals surface area contributed by atoms with Crippen molar-refractivity contribution in [2.24, 2.45) is 17.0 Å². The van der Waals surface area contributed by atoms with Crippen LogP contribution in [-0.4, -0.2) is 44.4 Å². The number of thiazole rings is 1. The highest BCUT2D eigenvalue weighted by molar-refractivity contribution is 7.09. The van der Waals surface area contributed by atoms with E-state index in [1.54, 1.807) is 5.38 Å². The molecule has 11 heteroatoms. The van der Waals surface area contributed by atoms with Gasteiger partial charge in [-0.05, 0) is 41.9 Å². The molecule has 0 radical (unpaired) electrons. The Balaban J connectivity index is 3.30. The minimum atomic E-state index is -2.02. The minimum Gasteiger partial charge on any atom is -0.464 e. The van der Waals surface area contributed by atoms with E-state index in [9.17, 15) is 9.59 Å². The van der Waals surface area contributed by atoms with Gasteiger partial charge in [0.25, 0.3) is 0 Å². The van der Waals surface area contributed by atoms with Crippen LogP contribution >= 0.6 is 11.3 Å².